The van der Waals surface area contributed by atoms with E-state index < -0.39 is 21.5 Å². The van der Waals surface area contributed by atoms with Gasteiger partial charge in [0.15, 0.2) is 0 Å². The summed E-state index contributed by atoms with van der Waals surface area (Å²) in [5.74, 6) is -2.94. The Balaban J connectivity index is 1.84. The Bertz CT molecular complexity index is 577. The predicted octanol–water partition coefficient (Wildman–Crippen LogP) is 0.0103. The van der Waals surface area contributed by atoms with E-state index in [1.165, 1.54) is 0 Å². The molecule has 1 amide bonds. The summed E-state index contributed by atoms with van der Waals surface area (Å²) in [6.45, 7) is 1.33. The third-order valence-electron chi connectivity index (χ3n) is 4.86. The Labute approximate surface area is 147 Å². The molecule has 0 saturated carbocycles. The Hall–Kier alpha value is -0.840. The number of carbonyl (C=O) groups is 1. The Morgan fingerprint density at radius 1 is 1.12 bits per heavy atom. The molecule has 0 bridgehead atoms. The average Bonchev–Trinajstić information content (AvgIpc) is 2.69. The van der Waals surface area contributed by atoms with Crippen LogP contribution in [0.25, 0.3) is 0 Å². The van der Waals surface area contributed by atoms with Crippen molar-refractivity contribution >= 4 is 15.9 Å². The summed E-state index contributed by atoms with van der Waals surface area (Å²) in [5, 5.41) is 10.8. The fourth-order valence-corrected chi connectivity index (χ4v) is 3.73. The molecule has 2 aliphatic heterocycles. The second-order valence-electron chi connectivity index (χ2n) is 7.18. The van der Waals surface area contributed by atoms with Gasteiger partial charge in [0, 0.05) is 45.6 Å². The summed E-state index contributed by atoms with van der Waals surface area (Å²) >= 11 is 0. The van der Waals surface area contributed by atoms with Crippen molar-refractivity contribution in [2.45, 2.75) is 43.6 Å². The van der Waals surface area contributed by atoms with Gasteiger partial charge in [0.2, 0.25) is 15.9 Å². The lowest BCUT2D eigenvalue weighted by Crippen LogP contribution is -2.48. The number of halogens is 2. The van der Waals surface area contributed by atoms with E-state index >= 15 is 0 Å². The van der Waals surface area contributed by atoms with Crippen LogP contribution in [-0.2, 0) is 14.8 Å². The molecule has 2 fully saturated rings. The number of nitrogens with one attached hydrogen (secondary N) is 1. The predicted molar refractivity (Wildman–Crippen MR) is 88.8 cm³/mol. The lowest BCUT2D eigenvalue weighted by atomic mass is 9.93. The zero-order chi connectivity index (χ0) is 18.7. The number of likely N-dealkylation sites (tertiary alicyclic amines) is 2. The Morgan fingerprint density at radius 2 is 1.76 bits per heavy atom. The maximum absolute atomic E-state index is 13.2. The quantitative estimate of drug-likeness (QED) is 0.698. The number of sulfonamides is 1. The highest BCUT2D eigenvalue weighted by molar-refractivity contribution is 7.88. The zero-order valence-corrected chi connectivity index (χ0v) is 15.3. The van der Waals surface area contributed by atoms with Gasteiger partial charge in [0.1, 0.15) is 0 Å². The molecule has 0 aromatic rings. The van der Waals surface area contributed by atoms with Crippen molar-refractivity contribution < 1.29 is 27.1 Å². The molecule has 7 nitrogen and oxygen atoms in total. The van der Waals surface area contributed by atoms with Crippen LogP contribution < -0.4 is 4.72 Å². The van der Waals surface area contributed by atoms with E-state index in [9.17, 15) is 27.1 Å². The fraction of sp³-hybridized carbons (Fsp3) is 0.933. The highest BCUT2D eigenvalue weighted by atomic mass is 32.2. The summed E-state index contributed by atoms with van der Waals surface area (Å²) < 4.78 is 50.8. The number of β-amino-alcohol motifs (C(OH)–C–C–N with tert-alkyl or cyclic N) is 1. The number of nitrogens with zero attached hydrogens (tertiary/aromatic N) is 2. The van der Waals surface area contributed by atoms with Gasteiger partial charge in [0.05, 0.1) is 18.4 Å². The van der Waals surface area contributed by atoms with E-state index in [4.69, 9.17) is 0 Å². The molecule has 2 aliphatic rings. The summed E-state index contributed by atoms with van der Waals surface area (Å²) in [6.07, 6.45) is 2.04. The maximum Gasteiger partial charge on any atom is 0.250 e. The number of rotatable bonds is 5. The van der Waals surface area contributed by atoms with Crippen molar-refractivity contribution in [1.29, 1.82) is 0 Å². The van der Waals surface area contributed by atoms with E-state index in [2.05, 4.69) is 4.72 Å². The first-order valence-electron chi connectivity index (χ1n) is 8.53. The molecule has 146 valence electrons. The van der Waals surface area contributed by atoms with Crippen molar-refractivity contribution in [1.82, 2.24) is 14.5 Å². The monoisotopic (exact) mass is 383 g/mol. The number of carbonyl (C=O) groups excluding carboxylic acids is 1. The van der Waals surface area contributed by atoms with Crippen molar-refractivity contribution in [3.05, 3.63) is 0 Å². The van der Waals surface area contributed by atoms with E-state index in [1.54, 1.807) is 4.90 Å². The normalized spacial score (nSPS) is 28.6. The van der Waals surface area contributed by atoms with Gasteiger partial charge in [0.25, 0.3) is 5.92 Å². The molecule has 2 N–H and O–H groups in total. The first-order chi connectivity index (χ1) is 11.5. The summed E-state index contributed by atoms with van der Waals surface area (Å²) in [5.41, 5.74) is -1.01. The van der Waals surface area contributed by atoms with Crippen LogP contribution in [0.15, 0.2) is 0 Å². The first kappa shape index (κ1) is 20.5. The number of piperidine rings is 1. The largest absolute Gasteiger partial charge is 0.388 e. The van der Waals surface area contributed by atoms with Crippen LogP contribution in [0.2, 0.25) is 0 Å². The van der Waals surface area contributed by atoms with Gasteiger partial charge in [-0.15, -0.1) is 0 Å². The minimum Gasteiger partial charge on any atom is -0.388 e. The van der Waals surface area contributed by atoms with E-state index in [0.29, 0.717) is 38.9 Å². The number of hydrogen-bond donors (Lipinski definition) is 2. The molecule has 0 spiro atoms. The van der Waals surface area contributed by atoms with Gasteiger partial charge in [-0.25, -0.2) is 21.9 Å². The lowest BCUT2D eigenvalue weighted by molar-refractivity contribution is -0.130. The smallest absolute Gasteiger partial charge is 0.250 e. The standard InChI is InChI=1S/C15H27F2N3O4S/c1-25(23,24)18-11-13(21)20-7-2-3-14(22,4-10-20)12-19-8-5-15(16,17)6-9-19/h18,22H,2-12H2,1H3/t14-/m0/s1. The number of amides is 1. The fourth-order valence-electron chi connectivity index (χ4n) is 3.35. The van der Waals surface area contributed by atoms with Gasteiger partial charge in [-0.2, -0.15) is 0 Å². The van der Waals surface area contributed by atoms with E-state index in [0.717, 1.165) is 6.26 Å². The Kier molecular flexibility index (Phi) is 6.40. The molecule has 25 heavy (non-hydrogen) atoms. The van der Waals surface area contributed by atoms with Crippen molar-refractivity contribution in [2.75, 3.05) is 45.5 Å². The molecule has 0 aromatic heterocycles. The van der Waals surface area contributed by atoms with Crippen molar-refractivity contribution in [2.24, 2.45) is 0 Å². The zero-order valence-electron chi connectivity index (χ0n) is 14.5. The third kappa shape index (κ3) is 6.76. The molecular formula is C15H27F2N3O4S. The highest BCUT2D eigenvalue weighted by Gasteiger charge is 2.38. The molecular weight excluding hydrogens is 356 g/mol. The van der Waals surface area contributed by atoms with Gasteiger partial charge >= 0.3 is 0 Å². The van der Waals surface area contributed by atoms with Gasteiger partial charge in [-0.05, 0) is 19.3 Å². The van der Waals surface area contributed by atoms with Crippen molar-refractivity contribution in [3.63, 3.8) is 0 Å². The highest BCUT2D eigenvalue weighted by Crippen LogP contribution is 2.30. The van der Waals surface area contributed by atoms with Crippen LogP contribution >= 0.6 is 0 Å². The number of aliphatic hydroxyl groups is 1. The second-order valence-corrected chi connectivity index (χ2v) is 9.02. The van der Waals surface area contributed by atoms with Crippen LogP contribution in [-0.4, -0.2) is 86.3 Å². The molecule has 2 saturated heterocycles. The summed E-state index contributed by atoms with van der Waals surface area (Å²) in [6, 6.07) is 0. The maximum atomic E-state index is 13.2. The third-order valence-corrected chi connectivity index (χ3v) is 5.53. The SMILES string of the molecule is CS(=O)(=O)NCC(=O)N1CCC[C@@](O)(CN2CCC(F)(F)CC2)CC1. The van der Waals surface area contributed by atoms with Gasteiger partial charge < -0.3 is 14.9 Å². The van der Waals surface area contributed by atoms with Crippen LogP contribution in [0.5, 0.6) is 0 Å². The number of hydrogen-bond acceptors (Lipinski definition) is 5. The number of alkyl halides is 2. The van der Waals surface area contributed by atoms with Gasteiger partial charge in [-0.3, -0.25) is 4.79 Å². The molecule has 0 unspecified atom stereocenters. The summed E-state index contributed by atoms with van der Waals surface area (Å²) in [7, 11) is -3.43. The van der Waals surface area contributed by atoms with Crippen LogP contribution in [0.1, 0.15) is 32.1 Å². The summed E-state index contributed by atoms with van der Waals surface area (Å²) in [4.78, 5) is 15.5. The second kappa shape index (κ2) is 7.81. The van der Waals surface area contributed by atoms with Crippen LogP contribution in [0.4, 0.5) is 8.78 Å². The molecule has 1 atom stereocenters. The topological polar surface area (TPSA) is 90.0 Å². The molecule has 2 rings (SSSR count). The van der Waals surface area contributed by atoms with Crippen LogP contribution in [0, 0.1) is 0 Å². The van der Waals surface area contributed by atoms with Crippen molar-refractivity contribution in [3.8, 4) is 0 Å². The molecule has 0 radical (unpaired) electrons. The first-order valence-corrected chi connectivity index (χ1v) is 10.4. The van der Waals surface area contributed by atoms with E-state index in [1.807, 2.05) is 4.90 Å². The molecule has 10 heteroatoms. The minimum absolute atomic E-state index is 0.190. The van der Waals surface area contributed by atoms with E-state index in [-0.39, 0.29) is 38.4 Å². The van der Waals surface area contributed by atoms with Crippen LogP contribution in [0.3, 0.4) is 0 Å². The lowest BCUT2D eigenvalue weighted by Gasteiger charge is -2.37. The molecule has 0 aromatic carbocycles. The molecule has 0 aliphatic carbocycles. The van der Waals surface area contributed by atoms with Gasteiger partial charge in [-0.1, -0.05) is 0 Å². The Morgan fingerprint density at radius 3 is 2.36 bits per heavy atom. The minimum atomic E-state index is -3.43. The molecule has 2 heterocycles. The average molecular weight is 383 g/mol.